The highest BCUT2D eigenvalue weighted by Gasteiger charge is 2.23. The van der Waals surface area contributed by atoms with Gasteiger partial charge in [0.05, 0.1) is 0 Å². The van der Waals surface area contributed by atoms with Gasteiger partial charge in [0.25, 0.3) is 0 Å². The van der Waals surface area contributed by atoms with Crippen LogP contribution in [0, 0.1) is 0 Å². The lowest BCUT2D eigenvalue weighted by atomic mass is 9.78. The maximum Gasteiger partial charge on any atom is 0.129 e. The van der Waals surface area contributed by atoms with E-state index in [9.17, 15) is 0 Å². The minimum atomic E-state index is -0.184. The summed E-state index contributed by atoms with van der Waals surface area (Å²) in [7, 11) is 0. The van der Waals surface area contributed by atoms with Crippen LogP contribution in [0.5, 0.6) is 17.2 Å². The molecule has 3 aromatic rings. The zero-order valence-corrected chi connectivity index (χ0v) is 18.8. The molecule has 0 saturated carbocycles. The standard InChI is InChI=1S/C28H30N2O2/c1-5-7-23(29)18-20(2)31-25-14-10-21(11-15-25)28(3,4)22-12-16-26(17-13-22)32-27-9-6-8-24(30)19-27/h5-19H,1,29-30H2,2-4H3/b20-18+,23-7+. The summed E-state index contributed by atoms with van der Waals surface area (Å²) in [6.45, 7) is 9.90. The highest BCUT2D eigenvalue weighted by Crippen LogP contribution is 2.34. The summed E-state index contributed by atoms with van der Waals surface area (Å²) >= 11 is 0. The second-order valence-corrected chi connectivity index (χ2v) is 8.11. The normalized spacial score (nSPS) is 12.3. The van der Waals surface area contributed by atoms with E-state index in [1.807, 2.05) is 55.5 Å². The molecule has 3 rings (SSSR count). The van der Waals surface area contributed by atoms with Gasteiger partial charge in [-0.15, -0.1) is 0 Å². The van der Waals surface area contributed by atoms with Crippen LogP contribution < -0.4 is 20.9 Å². The van der Waals surface area contributed by atoms with Crippen molar-refractivity contribution in [2.24, 2.45) is 5.73 Å². The van der Waals surface area contributed by atoms with Crippen molar-refractivity contribution >= 4 is 5.69 Å². The third-order valence-corrected chi connectivity index (χ3v) is 5.20. The summed E-state index contributed by atoms with van der Waals surface area (Å²) in [5.74, 6) is 2.96. The predicted octanol–water partition coefficient (Wildman–Crippen LogP) is 6.70. The Bertz CT molecular complexity index is 1120. The number of hydrogen-bond acceptors (Lipinski definition) is 4. The van der Waals surface area contributed by atoms with Crippen LogP contribution in [0.25, 0.3) is 0 Å². The van der Waals surface area contributed by atoms with Crippen molar-refractivity contribution in [2.45, 2.75) is 26.2 Å². The van der Waals surface area contributed by atoms with Gasteiger partial charge in [0.15, 0.2) is 0 Å². The monoisotopic (exact) mass is 426 g/mol. The number of anilines is 1. The highest BCUT2D eigenvalue weighted by molar-refractivity contribution is 5.46. The van der Waals surface area contributed by atoms with Crippen molar-refractivity contribution in [3.05, 3.63) is 120 Å². The lowest BCUT2D eigenvalue weighted by Gasteiger charge is -2.26. The van der Waals surface area contributed by atoms with E-state index >= 15 is 0 Å². The molecule has 32 heavy (non-hydrogen) atoms. The van der Waals surface area contributed by atoms with Gasteiger partial charge >= 0.3 is 0 Å². The number of nitrogens with two attached hydrogens (primary N) is 2. The van der Waals surface area contributed by atoms with Crippen LogP contribution in [0.4, 0.5) is 5.69 Å². The van der Waals surface area contributed by atoms with Crippen molar-refractivity contribution in [1.29, 1.82) is 0 Å². The number of allylic oxidation sites excluding steroid dienone is 4. The minimum Gasteiger partial charge on any atom is -0.462 e. The van der Waals surface area contributed by atoms with Gasteiger partial charge < -0.3 is 20.9 Å². The zero-order valence-electron chi connectivity index (χ0n) is 18.8. The third-order valence-electron chi connectivity index (χ3n) is 5.20. The van der Waals surface area contributed by atoms with E-state index in [0.29, 0.717) is 17.1 Å². The number of benzene rings is 3. The molecule has 3 aromatic carbocycles. The largest absolute Gasteiger partial charge is 0.462 e. The first-order valence-corrected chi connectivity index (χ1v) is 10.5. The Balaban J connectivity index is 1.71. The summed E-state index contributed by atoms with van der Waals surface area (Å²) < 4.78 is 11.8. The molecule has 0 aliphatic rings. The molecule has 0 aliphatic heterocycles. The number of ether oxygens (including phenoxy) is 2. The Hall–Kier alpha value is -3.92. The highest BCUT2D eigenvalue weighted by atomic mass is 16.5. The first-order chi connectivity index (χ1) is 15.3. The van der Waals surface area contributed by atoms with Crippen LogP contribution in [0.1, 0.15) is 31.9 Å². The Labute approximate surface area is 190 Å². The van der Waals surface area contributed by atoms with Gasteiger partial charge in [-0.1, -0.05) is 56.8 Å². The molecule has 0 heterocycles. The van der Waals surface area contributed by atoms with Crippen LogP contribution >= 0.6 is 0 Å². The Kier molecular flexibility index (Phi) is 7.06. The van der Waals surface area contributed by atoms with Gasteiger partial charge in [-0.2, -0.15) is 0 Å². The second kappa shape index (κ2) is 9.92. The molecule has 0 bridgehead atoms. The predicted molar refractivity (Wildman–Crippen MR) is 133 cm³/mol. The Morgan fingerprint density at radius 1 is 0.875 bits per heavy atom. The van der Waals surface area contributed by atoms with Gasteiger partial charge in [0.2, 0.25) is 0 Å². The number of hydrogen-bond donors (Lipinski definition) is 2. The first-order valence-electron chi connectivity index (χ1n) is 10.5. The summed E-state index contributed by atoms with van der Waals surface area (Å²) in [5, 5.41) is 0. The van der Waals surface area contributed by atoms with E-state index in [0.717, 1.165) is 17.2 Å². The van der Waals surface area contributed by atoms with Crippen LogP contribution in [-0.4, -0.2) is 0 Å². The quantitative estimate of drug-likeness (QED) is 0.239. The van der Waals surface area contributed by atoms with E-state index in [4.69, 9.17) is 20.9 Å². The van der Waals surface area contributed by atoms with Crippen LogP contribution in [-0.2, 0) is 5.41 Å². The van der Waals surface area contributed by atoms with Crippen LogP contribution in [0.15, 0.2) is 109 Å². The molecular formula is C28H30N2O2. The molecule has 0 amide bonds. The molecule has 0 aromatic heterocycles. The minimum absolute atomic E-state index is 0.184. The van der Waals surface area contributed by atoms with Crippen molar-refractivity contribution in [3.63, 3.8) is 0 Å². The van der Waals surface area contributed by atoms with Gasteiger partial charge in [-0.25, -0.2) is 0 Å². The summed E-state index contributed by atoms with van der Waals surface area (Å²) in [5.41, 5.74) is 15.1. The van der Waals surface area contributed by atoms with E-state index in [2.05, 4.69) is 44.7 Å². The molecule has 4 heteroatoms. The number of rotatable bonds is 8. The Morgan fingerprint density at radius 3 is 2.03 bits per heavy atom. The van der Waals surface area contributed by atoms with Gasteiger partial charge in [-0.3, -0.25) is 0 Å². The number of nitrogen functional groups attached to an aromatic ring is 1. The topological polar surface area (TPSA) is 70.5 Å². The van der Waals surface area contributed by atoms with Crippen LogP contribution in [0.3, 0.4) is 0 Å². The van der Waals surface area contributed by atoms with E-state index in [1.165, 1.54) is 11.1 Å². The van der Waals surface area contributed by atoms with Crippen molar-refractivity contribution in [1.82, 2.24) is 0 Å². The molecular weight excluding hydrogens is 396 g/mol. The molecule has 0 radical (unpaired) electrons. The summed E-state index contributed by atoms with van der Waals surface area (Å²) in [6, 6.07) is 23.7. The fourth-order valence-electron chi connectivity index (χ4n) is 3.39. The van der Waals surface area contributed by atoms with E-state index < -0.39 is 0 Å². The Morgan fingerprint density at radius 2 is 1.47 bits per heavy atom. The second-order valence-electron chi connectivity index (χ2n) is 8.11. The van der Waals surface area contributed by atoms with E-state index in [1.54, 1.807) is 18.2 Å². The van der Waals surface area contributed by atoms with Gasteiger partial charge in [0, 0.05) is 22.9 Å². The fraction of sp³-hybridized carbons (Fsp3) is 0.143. The molecule has 4 N–H and O–H groups in total. The molecule has 164 valence electrons. The molecule has 0 atom stereocenters. The van der Waals surface area contributed by atoms with Crippen molar-refractivity contribution in [2.75, 3.05) is 5.73 Å². The smallest absolute Gasteiger partial charge is 0.129 e. The fourth-order valence-corrected chi connectivity index (χ4v) is 3.39. The average Bonchev–Trinajstić information content (AvgIpc) is 2.74. The molecule has 0 aliphatic carbocycles. The van der Waals surface area contributed by atoms with Crippen molar-refractivity contribution < 1.29 is 9.47 Å². The summed E-state index contributed by atoms with van der Waals surface area (Å²) in [6.07, 6.45) is 5.14. The maximum absolute atomic E-state index is 5.91. The molecule has 0 spiro atoms. The average molecular weight is 427 g/mol. The molecule has 0 fully saturated rings. The lowest BCUT2D eigenvalue weighted by molar-refractivity contribution is 0.427. The van der Waals surface area contributed by atoms with E-state index in [-0.39, 0.29) is 5.41 Å². The SMILES string of the molecule is C=C/C=C(N)\C=C(/C)Oc1ccc(C(C)(C)c2ccc(Oc3cccc(N)c3)cc2)cc1. The van der Waals surface area contributed by atoms with Crippen molar-refractivity contribution in [3.8, 4) is 17.2 Å². The zero-order chi connectivity index (χ0) is 23.1. The first kappa shape index (κ1) is 22.8. The molecule has 0 unspecified atom stereocenters. The molecule has 0 saturated heterocycles. The van der Waals surface area contributed by atoms with Gasteiger partial charge in [-0.05, 0) is 66.6 Å². The summed E-state index contributed by atoms with van der Waals surface area (Å²) in [4.78, 5) is 0. The molecule has 4 nitrogen and oxygen atoms in total. The lowest BCUT2D eigenvalue weighted by Crippen LogP contribution is -2.18. The van der Waals surface area contributed by atoms with Crippen LogP contribution in [0.2, 0.25) is 0 Å². The maximum atomic E-state index is 5.91. The third kappa shape index (κ3) is 5.82. The van der Waals surface area contributed by atoms with Gasteiger partial charge in [0.1, 0.15) is 23.0 Å².